The zero-order valence-electron chi connectivity index (χ0n) is 13.5. The fraction of sp³-hybridized carbons (Fsp3) is 0.294. The van der Waals surface area contributed by atoms with Gasteiger partial charge in [0, 0.05) is 17.1 Å². The van der Waals surface area contributed by atoms with Crippen LogP contribution in [0.4, 0.5) is 0 Å². The number of carboxylic acid groups (broad SMARTS) is 1. The minimum atomic E-state index is -1.01. The summed E-state index contributed by atoms with van der Waals surface area (Å²) in [6.45, 7) is 6.28. The first-order valence-corrected chi connectivity index (χ1v) is 8.19. The SMILES string of the molecule is COc1cc(C)c(-c2csc3nc(C(=O)O)cn23)cc1C(C)C. The zero-order valence-corrected chi connectivity index (χ0v) is 14.3. The minimum Gasteiger partial charge on any atom is -0.496 e. The Balaban J connectivity index is 2.22. The van der Waals surface area contributed by atoms with E-state index >= 15 is 0 Å². The quantitative estimate of drug-likeness (QED) is 0.778. The predicted octanol–water partition coefficient (Wildman–Crippen LogP) is 4.20. The third-order valence-electron chi connectivity index (χ3n) is 3.90. The van der Waals surface area contributed by atoms with Crippen LogP contribution in [0.5, 0.6) is 5.75 Å². The molecule has 0 fully saturated rings. The first-order chi connectivity index (χ1) is 10.9. The standard InChI is InChI=1S/C17H18N2O3S/c1-9(2)11-6-12(10(3)5-15(11)22-4)14-8-23-17-18-13(16(20)21)7-19(14)17/h5-9H,1-4H3,(H,20,21). The Morgan fingerprint density at radius 2 is 2.13 bits per heavy atom. The summed E-state index contributed by atoms with van der Waals surface area (Å²) in [4.78, 5) is 15.9. The number of nitrogens with zero attached hydrogens (tertiary/aromatic N) is 2. The number of carbonyl (C=O) groups is 1. The van der Waals surface area contributed by atoms with Crippen LogP contribution in [-0.2, 0) is 0 Å². The van der Waals surface area contributed by atoms with E-state index in [1.54, 1.807) is 13.3 Å². The van der Waals surface area contributed by atoms with Crippen LogP contribution in [0.1, 0.15) is 41.4 Å². The molecule has 0 aliphatic heterocycles. The van der Waals surface area contributed by atoms with E-state index in [4.69, 9.17) is 9.84 Å². The number of imidazole rings is 1. The fourth-order valence-corrected chi connectivity index (χ4v) is 3.56. The number of ether oxygens (including phenoxy) is 1. The molecule has 0 unspecified atom stereocenters. The van der Waals surface area contributed by atoms with E-state index < -0.39 is 5.97 Å². The van der Waals surface area contributed by atoms with Crippen molar-refractivity contribution in [3.63, 3.8) is 0 Å². The van der Waals surface area contributed by atoms with Gasteiger partial charge in [0.1, 0.15) is 5.75 Å². The molecule has 0 saturated carbocycles. The maximum absolute atomic E-state index is 11.1. The number of rotatable bonds is 4. The number of methoxy groups -OCH3 is 1. The number of aryl methyl sites for hydroxylation is 1. The van der Waals surface area contributed by atoms with E-state index in [0.717, 1.165) is 28.1 Å². The third-order valence-corrected chi connectivity index (χ3v) is 4.74. The zero-order chi connectivity index (χ0) is 16.7. The van der Waals surface area contributed by atoms with Crippen LogP contribution in [0.25, 0.3) is 16.2 Å². The van der Waals surface area contributed by atoms with Crippen LogP contribution < -0.4 is 4.74 Å². The van der Waals surface area contributed by atoms with Crippen molar-refractivity contribution in [2.75, 3.05) is 7.11 Å². The molecule has 120 valence electrons. The first kappa shape index (κ1) is 15.6. The van der Waals surface area contributed by atoms with Gasteiger partial charge in [0.15, 0.2) is 10.7 Å². The van der Waals surface area contributed by atoms with Crippen LogP contribution in [0, 0.1) is 6.92 Å². The molecule has 0 amide bonds. The molecule has 0 atom stereocenters. The Morgan fingerprint density at radius 1 is 1.39 bits per heavy atom. The second kappa shape index (κ2) is 5.70. The third kappa shape index (κ3) is 2.59. The van der Waals surface area contributed by atoms with E-state index in [-0.39, 0.29) is 5.69 Å². The Morgan fingerprint density at radius 3 is 2.74 bits per heavy atom. The lowest BCUT2D eigenvalue weighted by Crippen LogP contribution is -1.98. The Hall–Kier alpha value is -2.34. The normalized spacial score (nSPS) is 11.3. The highest BCUT2D eigenvalue weighted by Crippen LogP contribution is 2.36. The fourth-order valence-electron chi connectivity index (χ4n) is 2.68. The maximum atomic E-state index is 11.1. The van der Waals surface area contributed by atoms with Crippen molar-refractivity contribution in [3.8, 4) is 17.0 Å². The second-order valence-corrected chi connectivity index (χ2v) is 6.61. The van der Waals surface area contributed by atoms with Crippen molar-refractivity contribution in [1.82, 2.24) is 9.38 Å². The van der Waals surface area contributed by atoms with Crippen LogP contribution >= 0.6 is 11.3 Å². The average molecular weight is 330 g/mol. The van der Waals surface area contributed by atoms with Crippen molar-refractivity contribution in [3.05, 3.63) is 40.5 Å². The van der Waals surface area contributed by atoms with E-state index in [1.165, 1.54) is 11.3 Å². The van der Waals surface area contributed by atoms with Gasteiger partial charge in [-0.25, -0.2) is 9.78 Å². The molecule has 0 spiro atoms. The number of benzene rings is 1. The molecule has 1 N–H and O–H groups in total. The van der Waals surface area contributed by atoms with Gasteiger partial charge in [-0.15, -0.1) is 11.3 Å². The number of aromatic nitrogens is 2. The monoisotopic (exact) mass is 330 g/mol. The smallest absolute Gasteiger partial charge is 0.356 e. The summed E-state index contributed by atoms with van der Waals surface area (Å²) in [5.74, 6) is 0.196. The molecule has 1 aromatic carbocycles. The number of aromatic carboxylic acids is 1. The molecular weight excluding hydrogens is 312 g/mol. The highest BCUT2D eigenvalue weighted by molar-refractivity contribution is 7.15. The molecule has 3 rings (SSSR count). The van der Waals surface area contributed by atoms with Crippen molar-refractivity contribution in [2.45, 2.75) is 26.7 Å². The van der Waals surface area contributed by atoms with Gasteiger partial charge in [-0.05, 0) is 36.1 Å². The number of fused-ring (bicyclic) bond motifs is 1. The van der Waals surface area contributed by atoms with Gasteiger partial charge >= 0.3 is 5.97 Å². The molecule has 2 aromatic heterocycles. The molecule has 6 heteroatoms. The van der Waals surface area contributed by atoms with Crippen LogP contribution in [-0.4, -0.2) is 27.6 Å². The maximum Gasteiger partial charge on any atom is 0.356 e. The van der Waals surface area contributed by atoms with Gasteiger partial charge in [0.2, 0.25) is 0 Å². The summed E-state index contributed by atoms with van der Waals surface area (Å²) < 4.78 is 7.33. The number of hydrogen-bond acceptors (Lipinski definition) is 4. The second-order valence-electron chi connectivity index (χ2n) is 5.77. The molecule has 3 aromatic rings. The topological polar surface area (TPSA) is 63.8 Å². The molecule has 0 aliphatic rings. The van der Waals surface area contributed by atoms with E-state index in [9.17, 15) is 4.79 Å². The highest BCUT2D eigenvalue weighted by Gasteiger charge is 2.17. The molecule has 0 aliphatic carbocycles. The van der Waals surface area contributed by atoms with Crippen molar-refractivity contribution < 1.29 is 14.6 Å². The van der Waals surface area contributed by atoms with Crippen LogP contribution in [0.3, 0.4) is 0 Å². The summed E-state index contributed by atoms with van der Waals surface area (Å²) in [5, 5.41) is 11.1. The van der Waals surface area contributed by atoms with E-state index in [0.29, 0.717) is 10.9 Å². The van der Waals surface area contributed by atoms with E-state index in [1.807, 2.05) is 22.8 Å². The highest BCUT2D eigenvalue weighted by atomic mass is 32.1. The van der Waals surface area contributed by atoms with Crippen molar-refractivity contribution in [1.29, 1.82) is 0 Å². The Bertz CT molecular complexity index is 893. The van der Waals surface area contributed by atoms with Gasteiger partial charge < -0.3 is 9.84 Å². The largest absolute Gasteiger partial charge is 0.496 e. The van der Waals surface area contributed by atoms with Crippen molar-refractivity contribution in [2.24, 2.45) is 0 Å². The summed E-state index contributed by atoms with van der Waals surface area (Å²) in [6, 6.07) is 4.16. The van der Waals surface area contributed by atoms with Gasteiger partial charge in [-0.2, -0.15) is 0 Å². The number of carboxylic acids is 1. The molecule has 5 nitrogen and oxygen atoms in total. The lowest BCUT2D eigenvalue weighted by Gasteiger charge is -2.16. The molecule has 2 heterocycles. The van der Waals surface area contributed by atoms with Gasteiger partial charge in [0.05, 0.1) is 12.8 Å². The van der Waals surface area contributed by atoms with Gasteiger partial charge in [-0.1, -0.05) is 13.8 Å². The molecule has 23 heavy (non-hydrogen) atoms. The molecule has 0 bridgehead atoms. The first-order valence-electron chi connectivity index (χ1n) is 7.31. The summed E-state index contributed by atoms with van der Waals surface area (Å²) >= 11 is 1.44. The minimum absolute atomic E-state index is 0.0633. The average Bonchev–Trinajstić information content (AvgIpc) is 3.07. The lowest BCUT2D eigenvalue weighted by atomic mass is 9.95. The molecule has 0 radical (unpaired) electrons. The van der Waals surface area contributed by atoms with Gasteiger partial charge in [-0.3, -0.25) is 4.40 Å². The van der Waals surface area contributed by atoms with Crippen LogP contribution in [0.2, 0.25) is 0 Å². The summed E-state index contributed by atoms with van der Waals surface area (Å²) in [7, 11) is 1.68. The lowest BCUT2D eigenvalue weighted by molar-refractivity contribution is 0.0691. The Labute approximate surface area is 138 Å². The number of hydrogen-bond donors (Lipinski definition) is 1. The van der Waals surface area contributed by atoms with E-state index in [2.05, 4.69) is 24.9 Å². The summed E-state index contributed by atoms with van der Waals surface area (Å²) in [5.41, 5.74) is 4.29. The Kier molecular flexibility index (Phi) is 3.85. The molecular formula is C17H18N2O3S. The van der Waals surface area contributed by atoms with Gasteiger partial charge in [0.25, 0.3) is 0 Å². The molecule has 0 saturated heterocycles. The number of thiazole rings is 1. The predicted molar refractivity (Wildman–Crippen MR) is 90.8 cm³/mol. The van der Waals surface area contributed by atoms with Crippen molar-refractivity contribution >= 4 is 22.3 Å². The van der Waals surface area contributed by atoms with Crippen LogP contribution in [0.15, 0.2) is 23.7 Å². The summed E-state index contributed by atoms with van der Waals surface area (Å²) in [6.07, 6.45) is 1.57.